The number of esters is 1. The van der Waals surface area contributed by atoms with Crippen molar-refractivity contribution in [2.24, 2.45) is 0 Å². The quantitative estimate of drug-likeness (QED) is 0.317. The van der Waals surface area contributed by atoms with E-state index in [0.29, 0.717) is 12.2 Å². The van der Waals surface area contributed by atoms with Gasteiger partial charge in [0.05, 0.1) is 12.2 Å². The maximum atomic E-state index is 11.7. The van der Waals surface area contributed by atoms with Crippen molar-refractivity contribution in [1.82, 2.24) is 0 Å². The highest BCUT2D eigenvalue weighted by molar-refractivity contribution is 6.76. The fourth-order valence-electron chi connectivity index (χ4n) is 1.98. The van der Waals surface area contributed by atoms with Gasteiger partial charge >= 0.3 is 5.97 Å². The molecule has 1 aromatic carbocycles. The zero-order chi connectivity index (χ0) is 14.3. The third kappa shape index (κ3) is 6.96. The van der Waals surface area contributed by atoms with Crippen LogP contribution in [0.1, 0.15) is 23.2 Å². The Hall–Kier alpha value is -1.35. The largest absolute Gasteiger partial charge is 0.462 e. The lowest BCUT2D eigenvalue weighted by Gasteiger charge is -2.17. The predicted octanol–water partition coefficient (Wildman–Crippen LogP) is 4.52. The summed E-state index contributed by atoms with van der Waals surface area (Å²) in [7, 11) is -1.06. The lowest BCUT2D eigenvalue weighted by Crippen LogP contribution is -2.19. The molecule has 1 rings (SSSR count). The van der Waals surface area contributed by atoms with Crippen LogP contribution < -0.4 is 0 Å². The molecule has 0 amide bonds. The molecule has 0 aliphatic heterocycles. The van der Waals surface area contributed by atoms with Crippen LogP contribution in [-0.2, 0) is 4.74 Å². The molecule has 0 spiro atoms. The highest BCUT2D eigenvalue weighted by Crippen LogP contribution is 2.18. The second-order valence-corrected chi connectivity index (χ2v) is 11.6. The Labute approximate surface area is 117 Å². The first kappa shape index (κ1) is 15.7. The molecule has 2 nitrogen and oxygen atoms in total. The molecule has 0 saturated carbocycles. The van der Waals surface area contributed by atoms with Crippen LogP contribution in [0.2, 0.25) is 25.7 Å². The number of allylic oxidation sites excluding steroid dienone is 1. The summed E-state index contributed by atoms with van der Waals surface area (Å²) in [5.41, 5.74) is 1.90. The number of ether oxygens (including phenoxy) is 1. The first-order valence-electron chi connectivity index (χ1n) is 6.77. The minimum Gasteiger partial charge on any atom is -0.462 e. The Morgan fingerprint density at radius 2 is 1.84 bits per heavy atom. The Morgan fingerprint density at radius 1 is 1.21 bits per heavy atom. The van der Waals surface area contributed by atoms with Crippen LogP contribution in [-0.4, -0.2) is 20.7 Å². The average Bonchev–Trinajstić information content (AvgIpc) is 2.33. The summed E-state index contributed by atoms with van der Waals surface area (Å²) in [6.07, 6.45) is 1.81. The smallest absolute Gasteiger partial charge is 0.338 e. The summed E-state index contributed by atoms with van der Waals surface area (Å²) < 4.78 is 5.24. The highest BCUT2D eigenvalue weighted by Gasteiger charge is 2.14. The van der Waals surface area contributed by atoms with Gasteiger partial charge in [0.25, 0.3) is 0 Å². The Kier molecular flexibility index (Phi) is 6.02. The van der Waals surface area contributed by atoms with Crippen LogP contribution in [0, 0.1) is 0 Å². The number of rotatable bonds is 7. The highest BCUT2D eigenvalue weighted by atomic mass is 28.3. The molecule has 0 aliphatic carbocycles. The number of benzene rings is 1. The van der Waals surface area contributed by atoms with Gasteiger partial charge in [0.2, 0.25) is 0 Å². The minimum atomic E-state index is -1.06. The minimum absolute atomic E-state index is 0.239. The lowest BCUT2D eigenvalue weighted by molar-refractivity contribution is 0.0500. The summed E-state index contributed by atoms with van der Waals surface area (Å²) in [5, 5.41) is 0. The normalized spacial score (nSPS) is 11.1. The molecule has 19 heavy (non-hydrogen) atoms. The van der Waals surface area contributed by atoms with E-state index in [9.17, 15) is 4.79 Å². The molecular weight excluding hydrogens is 252 g/mol. The van der Waals surface area contributed by atoms with Crippen LogP contribution in [0.3, 0.4) is 0 Å². The third-order valence-corrected chi connectivity index (χ3v) is 4.26. The fourth-order valence-corrected chi connectivity index (χ4v) is 3.66. The van der Waals surface area contributed by atoms with E-state index in [1.807, 2.05) is 18.2 Å². The second-order valence-electron chi connectivity index (χ2n) is 6.09. The lowest BCUT2D eigenvalue weighted by atomic mass is 10.2. The molecule has 0 saturated heterocycles. The molecule has 0 aromatic heterocycles. The number of carbonyl (C=O) groups is 1. The first-order chi connectivity index (χ1) is 8.88. The Morgan fingerprint density at radius 3 is 2.42 bits per heavy atom. The molecule has 0 atom stereocenters. The Balaban J connectivity index is 2.21. The average molecular weight is 276 g/mol. The van der Waals surface area contributed by atoms with E-state index in [1.165, 1.54) is 5.57 Å². The molecule has 1 aromatic rings. The van der Waals surface area contributed by atoms with Gasteiger partial charge in [0, 0.05) is 8.07 Å². The van der Waals surface area contributed by atoms with E-state index in [0.717, 1.165) is 18.9 Å². The van der Waals surface area contributed by atoms with E-state index >= 15 is 0 Å². The number of carbonyl (C=O) groups excluding carboxylic acids is 1. The van der Waals surface area contributed by atoms with Gasteiger partial charge in [-0.3, -0.25) is 0 Å². The molecule has 0 radical (unpaired) electrons. The topological polar surface area (TPSA) is 26.3 Å². The van der Waals surface area contributed by atoms with Gasteiger partial charge < -0.3 is 4.74 Å². The van der Waals surface area contributed by atoms with E-state index in [-0.39, 0.29) is 5.97 Å². The summed E-state index contributed by atoms with van der Waals surface area (Å²) in [6, 6.07) is 10.3. The predicted molar refractivity (Wildman–Crippen MR) is 83.3 cm³/mol. The zero-order valence-electron chi connectivity index (χ0n) is 12.2. The maximum absolute atomic E-state index is 11.7. The molecule has 0 bridgehead atoms. The van der Waals surface area contributed by atoms with Gasteiger partial charge in [0.15, 0.2) is 0 Å². The number of hydrogen-bond donors (Lipinski definition) is 0. The van der Waals surface area contributed by atoms with Gasteiger partial charge in [-0.05, 0) is 31.0 Å². The fraction of sp³-hybridized carbons (Fsp3) is 0.438. The van der Waals surface area contributed by atoms with Crippen LogP contribution in [0.5, 0.6) is 0 Å². The molecule has 0 N–H and O–H groups in total. The summed E-state index contributed by atoms with van der Waals surface area (Å²) in [5.74, 6) is -0.239. The van der Waals surface area contributed by atoms with Gasteiger partial charge in [-0.1, -0.05) is 43.4 Å². The molecule has 0 fully saturated rings. The monoisotopic (exact) mass is 276 g/mol. The van der Waals surface area contributed by atoms with Crippen molar-refractivity contribution < 1.29 is 9.53 Å². The van der Waals surface area contributed by atoms with Gasteiger partial charge in [0.1, 0.15) is 0 Å². The van der Waals surface area contributed by atoms with Crippen LogP contribution >= 0.6 is 0 Å². The third-order valence-electron chi connectivity index (χ3n) is 2.70. The van der Waals surface area contributed by atoms with Crippen LogP contribution in [0.4, 0.5) is 0 Å². The second kappa shape index (κ2) is 7.29. The van der Waals surface area contributed by atoms with E-state index < -0.39 is 8.07 Å². The van der Waals surface area contributed by atoms with Crippen molar-refractivity contribution in [3.05, 3.63) is 48.0 Å². The van der Waals surface area contributed by atoms with Crippen molar-refractivity contribution in [3.8, 4) is 0 Å². The maximum Gasteiger partial charge on any atom is 0.338 e. The van der Waals surface area contributed by atoms with Crippen molar-refractivity contribution in [1.29, 1.82) is 0 Å². The SMILES string of the molecule is C=C(CCCOC(=O)c1ccccc1)C[Si](C)(C)C. The molecule has 0 unspecified atom stereocenters. The molecule has 104 valence electrons. The standard InChI is InChI=1S/C16H24O2Si/c1-14(13-19(2,3)4)9-8-12-18-16(17)15-10-6-5-7-11-15/h5-7,10-11H,1,8-9,12-13H2,2-4H3. The molecule has 0 aliphatic rings. The molecule has 3 heteroatoms. The summed E-state index contributed by atoms with van der Waals surface area (Å²) >= 11 is 0. The van der Waals surface area contributed by atoms with Crippen molar-refractivity contribution in [2.45, 2.75) is 38.5 Å². The van der Waals surface area contributed by atoms with E-state index in [2.05, 4.69) is 26.2 Å². The summed E-state index contributed by atoms with van der Waals surface area (Å²) in [4.78, 5) is 11.7. The van der Waals surface area contributed by atoms with Crippen LogP contribution in [0.25, 0.3) is 0 Å². The van der Waals surface area contributed by atoms with Crippen molar-refractivity contribution in [2.75, 3.05) is 6.61 Å². The van der Waals surface area contributed by atoms with Gasteiger partial charge in [-0.15, -0.1) is 6.58 Å². The van der Waals surface area contributed by atoms with Crippen molar-refractivity contribution >= 4 is 14.0 Å². The molecule has 0 heterocycles. The zero-order valence-corrected chi connectivity index (χ0v) is 13.2. The van der Waals surface area contributed by atoms with E-state index in [1.54, 1.807) is 12.1 Å². The van der Waals surface area contributed by atoms with E-state index in [4.69, 9.17) is 4.74 Å². The molecular formula is C16H24O2Si. The van der Waals surface area contributed by atoms with Crippen LogP contribution in [0.15, 0.2) is 42.5 Å². The van der Waals surface area contributed by atoms with Gasteiger partial charge in [-0.2, -0.15) is 0 Å². The Bertz CT molecular complexity index is 418. The summed E-state index contributed by atoms with van der Waals surface area (Å²) in [6.45, 7) is 11.6. The first-order valence-corrected chi connectivity index (χ1v) is 10.5. The number of hydrogen-bond acceptors (Lipinski definition) is 2. The van der Waals surface area contributed by atoms with Gasteiger partial charge in [-0.25, -0.2) is 4.79 Å². The van der Waals surface area contributed by atoms with Crippen molar-refractivity contribution in [3.63, 3.8) is 0 Å².